The molecular weight excluding hydrogens is 216 g/mol. The van der Waals surface area contributed by atoms with E-state index in [1.165, 1.54) is 7.11 Å². The van der Waals surface area contributed by atoms with Crippen LogP contribution in [-0.4, -0.2) is 18.1 Å². The molecular formula is C13H12N2O2. The largest absolute Gasteiger partial charge is 0.465 e. The summed E-state index contributed by atoms with van der Waals surface area (Å²) in [5, 5.41) is 0. The van der Waals surface area contributed by atoms with Gasteiger partial charge in [-0.2, -0.15) is 0 Å². The van der Waals surface area contributed by atoms with Crippen molar-refractivity contribution < 1.29 is 9.53 Å². The Morgan fingerprint density at radius 3 is 2.47 bits per heavy atom. The first-order valence-electron chi connectivity index (χ1n) is 5.10. The molecule has 17 heavy (non-hydrogen) atoms. The highest BCUT2D eigenvalue weighted by atomic mass is 16.5. The van der Waals surface area contributed by atoms with Gasteiger partial charge in [0.15, 0.2) is 0 Å². The lowest BCUT2D eigenvalue weighted by Gasteiger charge is -2.03. The van der Waals surface area contributed by atoms with Gasteiger partial charge in [0, 0.05) is 18.0 Å². The minimum atomic E-state index is -0.345. The molecule has 0 amide bonds. The van der Waals surface area contributed by atoms with Crippen LogP contribution in [0.5, 0.6) is 0 Å². The third kappa shape index (κ3) is 2.42. The molecule has 1 aromatic carbocycles. The highest BCUT2D eigenvalue weighted by Crippen LogP contribution is 2.20. The van der Waals surface area contributed by atoms with Gasteiger partial charge in [0.05, 0.1) is 18.4 Å². The van der Waals surface area contributed by atoms with E-state index in [1.54, 1.807) is 24.5 Å². The van der Waals surface area contributed by atoms with Crippen molar-refractivity contribution in [1.82, 2.24) is 4.98 Å². The summed E-state index contributed by atoms with van der Waals surface area (Å²) in [6.07, 6.45) is 3.32. The third-order valence-corrected chi connectivity index (χ3v) is 2.40. The second kappa shape index (κ2) is 4.65. The van der Waals surface area contributed by atoms with Crippen molar-refractivity contribution in [2.45, 2.75) is 0 Å². The molecule has 0 bridgehead atoms. The molecule has 0 atom stereocenters. The molecule has 2 aromatic rings. The predicted octanol–water partition coefficient (Wildman–Crippen LogP) is 2.12. The van der Waals surface area contributed by atoms with Crippen molar-refractivity contribution in [3.63, 3.8) is 0 Å². The van der Waals surface area contributed by atoms with Crippen LogP contribution in [0.2, 0.25) is 0 Å². The molecule has 0 spiro atoms. The standard InChI is InChI=1S/C13H12N2O2/c1-17-13(16)10-4-2-9(3-5-10)11-6-12(14)8-15-7-11/h2-8H,14H2,1H3. The molecule has 1 aromatic heterocycles. The molecule has 0 fully saturated rings. The number of ether oxygens (including phenoxy) is 1. The predicted molar refractivity (Wildman–Crippen MR) is 65.4 cm³/mol. The van der Waals surface area contributed by atoms with E-state index in [-0.39, 0.29) is 5.97 Å². The van der Waals surface area contributed by atoms with Gasteiger partial charge >= 0.3 is 5.97 Å². The molecule has 2 rings (SSSR count). The van der Waals surface area contributed by atoms with Gasteiger partial charge in [-0.05, 0) is 23.8 Å². The van der Waals surface area contributed by atoms with Crippen LogP contribution < -0.4 is 5.73 Å². The van der Waals surface area contributed by atoms with Crippen molar-refractivity contribution in [2.24, 2.45) is 0 Å². The second-order valence-electron chi connectivity index (χ2n) is 3.58. The monoisotopic (exact) mass is 228 g/mol. The maximum absolute atomic E-state index is 11.3. The summed E-state index contributed by atoms with van der Waals surface area (Å²) in [7, 11) is 1.36. The van der Waals surface area contributed by atoms with Crippen molar-refractivity contribution >= 4 is 11.7 Å². The molecule has 0 radical (unpaired) electrons. The summed E-state index contributed by atoms with van der Waals surface area (Å²) >= 11 is 0. The van der Waals surface area contributed by atoms with Gasteiger partial charge in [-0.1, -0.05) is 12.1 Å². The number of methoxy groups -OCH3 is 1. The fraction of sp³-hybridized carbons (Fsp3) is 0.0769. The van der Waals surface area contributed by atoms with Gasteiger partial charge in [0.2, 0.25) is 0 Å². The summed E-state index contributed by atoms with van der Waals surface area (Å²) in [5.41, 5.74) is 8.67. The minimum Gasteiger partial charge on any atom is -0.465 e. The molecule has 2 N–H and O–H groups in total. The van der Waals surface area contributed by atoms with E-state index in [1.807, 2.05) is 18.2 Å². The third-order valence-electron chi connectivity index (χ3n) is 2.40. The summed E-state index contributed by atoms with van der Waals surface area (Å²) < 4.78 is 4.63. The van der Waals surface area contributed by atoms with Crippen molar-refractivity contribution in [3.8, 4) is 11.1 Å². The van der Waals surface area contributed by atoms with Gasteiger partial charge in [-0.3, -0.25) is 4.98 Å². The van der Waals surface area contributed by atoms with Crippen LogP contribution in [0.4, 0.5) is 5.69 Å². The summed E-state index contributed by atoms with van der Waals surface area (Å²) in [4.78, 5) is 15.3. The molecule has 86 valence electrons. The lowest BCUT2D eigenvalue weighted by atomic mass is 10.1. The fourth-order valence-corrected chi connectivity index (χ4v) is 1.53. The zero-order chi connectivity index (χ0) is 12.3. The van der Waals surface area contributed by atoms with Crippen molar-refractivity contribution in [3.05, 3.63) is 48.3 Å². The average molecular weight is 228 g/mol. The van der Waals surface area contributed by atoms with Gasteiger partial charge in [0.1, 0.15) is 0 Å². The van der Waals surface area contributed by atoms with Crippen LogP contribution in [0.15, 0.2) is 42.7 Å². The second-order valence-corrected chi connectivity index (χ2v) is 3.58. The number of nitrogens with zero attached hydrogens (tertiary/aromatic N) is 1. The minimum absolute atomic E-state index is 0.345. The first kappa shape index (κ1) is 11.1. The number of aromatic nitrogens is 1. The van der Waals surface area contributed by atoms with Crippen molar-refractivity contribution in [2.75, 3.05) is 12.8 Å². The lowest BCUT2D eigenvalue weighted by molar-refractivity contribution is 0.0601. The van der Waals surface area contributed by atoms with E-state index in [9.17, 15) is 4.79 Å². The molecule has 0 aliphatic rings. The average Bonchev–Trinajstić information content (AvgIpc) is 2.38. The van der Waals surface area contributed by atoms with Gasteiger partial charge < -0.3 is 10.5 Å². The zero-order valence-corrected chi connectivity index (χ0v) is 9.38. The van der Waals surface area contributed by atoms with Crippen LogP contribution in [0, 0.1) is 0 Å². The van der Waals surface area contributed by atoms with E-state index in [0.717, 1.165) is 11.1 Å². The molecule has 0 aliphatic heterocycles. The van der Waals surface area contributed by atoms with E-state index in [4.69, 9.17) is 5.73 Å². The first-order valence-corrected chi connectivity index (χ1v) is 5.10. The molecule has 0 saturated carbocycles. The molecule has 0 unspecified atom stereocenters. The number of hydrogen-bond acceptors (Lipinski definition) is 4. The van der Waals surface area contributed by atoms with Crippen LogP contribution in [-0.2, 0) is 4.74 Å². The number of nitrogen functional groups attached to an aromatic ring is 1. The first-order chi connectivity index (χ1) is 8.20. The van der Waals surface area contributed by atoms with Crippen LogP contribution >= 0.6 is 0 Å². The molecule has 0 aliphatic carbocycles. The Bertz CT molecular complexity index is 535. The van der Waals surface area contributed by atoms with Crippen LogP contribution in [0.25, 0.3) is 11.1 Å². The number of carbonyl (C=O) groups excluding carboxylic acids is 1. The summed E-state index contributed by atoms with van der Waals surface area (Å²) in [6, 6.07) is 8.93. The van der Waals surface area contributed by atoms with Crippen LogP contribution in [0.1, 0.15) is 10.4 Å². The van der Waals surface area contributed by atoms with E-state index < -0.39 is 0 Å². The lowest BCUT2D eigenvalue weighted by Crippen LogP contribution is -2.00. The van der Waals surface area contributed by atoms with Crippen LogP contribution in [0.3, 0.4) is 0 Å². The Hall–Kier alpha value is -2.36. The number of benzene rings is 1. The van der Waals surface area contributed by atoms with E-state index in [2.05, 4.69) is 9.72 Å². The molecule has 1 heterocycles. The molecule has 4 heteroatoms. The summed E-state index contributed by atoms with van der Waals surface area (Å²) in [5.74, 6) is -0.345. The SMILES string of the molecule is COC(=O)c1ccc(-c2cncc(N)c2)cc1. The number of carbonyl (C=O) groups is 1. The summed E-state index contributed by atoms with van der Waals surface area (Å²) in [6.45, 7) is 0. The number of rotatable bonds is 2. The van der Waals surface area contributed by atoms with Crippen molar-refractivity contribution in [1.29, 1.82) is 0 Å². The van der Waals surface area contributed by atoms with Gasteiger partial charge in [-0.15, -0.1) is 0 Å². The Morgan fingerprint density at radius 2 is 1.88 bits per heavy atom. The topological polar surface area (TPSA) is 65.2 Å². The Kier molecular flexibility index (Phi) is 3.05. The zero-order valence-electron chi connectivity index (χ0n) is 9.38. The highest BCUT2D eigenvalue weighted by Gasteiger charge is 2.05. The van der Waals surface area contributed by atoms with Gasteiger partial charge in [0.25, 0.3) is 0 Å². The Morgan fingerprint density at radius 1 is 1.18 bits per heavy atom. The Balaban J connectivity index is 2.32. The van der Waals surface area contributed by atoms with E-state index in [0.29, 0.717) is 11.3 Å². The Labute approximate surface area is 99.1 Å². The number of pyridine rings is 1. The maximum atomic E-state index is 11.3. The quantitative estimate of drug-likeness (QED) is 0.799. The van der Waals surface area contributed by atoms with E-state index >= 15 is 0 Å². The smallest absolute Gasteiger partial charge is 0.337 e. The number of esters is 1. The molecule has 4 nitrogen and oxygen atoms in total. The van der Waals surface area contributed by atoms with Gasteiger partial charge in [-0.25, -0.2) is 4.79 Å². The normalized spacial score (nSPS) is 9.94. The number of hydrogen-bond donors (Lipinski definition) is 1. The number of anilines is 1. The number of nitrogens with two attached hydrogens (primary N) is 1. The highest BCUT2D eigenvalue weighted by molar-refractivity contribution is 5.90. The fourth-order valence-electron chi connectivity index (χ4n) is 1.53. The maximum Gasteiger partial charge on any atom is 0.337 e. The molecule has 0 saturated heterocycles.